The number of aromatic nitrogens is 3. The molecule has 0 spiro atoms. The first kappa shape index (κ1) is 25.7. The van der Waals surface area contributed by atoms with E-state index in [1.54, 1.807) is 25.2 Å². The number of nitrogen functional groups attached to an aromatic ring is 1. The molecule has 3 N–H and O–H groups in total. The Morgan fingerprint density at radius 3 is 2.41 bits per heavy atom. The Bertz CT molecular complexity index is 1540. The number of benzene rings is 2. The maximum Gasteiger partial charge on any atom is 0.416 e. The Hall–Kier alpha value is -4.42. The molecule has 2 aromatic heterocycles. The van der Waals surface area contributed by atoms with Gasteiger partial charge in [-0.3, -0.25) is 14.4 Å². The minimum atomic E-state index is -4.60. The van der Waals surface area contributed by atoms with E-state index >= 15 is 0 Å². The third kappa shape index (κ3) is 5.55. The molecule has 0 aliphatic heterocycles. The number of halogens is 6. The molecule has 13 heteroatoms. The average Bonchev–Trinajstić information content (AvgIpc) is 2.83. The van der Waals surface area contributed by atoms with E-state index < -0.39 is 36.0 Å². The first-order valence-corrected chi connectivity index (χ1v) is 10.6. The van der Waals surface area contributed by atoms with E-state index in [1.807, 2.05) is 5.32 Å². The van der Waals surface area contributed by atoms with Gasteiger partial charge in [0.15, 0.2) is 0 Å². The number of pyridine rings is 1. The van der Waals surface area contributed by atoms with E-state index in [0.717, 1.165) is 24.3 Å². The van der Waals surface area contributed by atoms with Crippen LogP contribution in [0, 0.1) is 0 Å². The molecule has 0 saturated heterocycles. The zero-order valence-electron chi connectivity index (χ0n) is 19.0. The van der Waals surface area contributed by atoms with E-state index in [2.05, 4.69) is 15.0 Å². The fourth-order valence-corrected chi connectivity index (χ4v) is 3.61. The second-order valence-electron chi connectivity index (χ2n) is 7.92. The third-order valence-electron chi connectivity index (χ3n) is 5.32. The molecule has 0 aliphatic rings. The summed E-state index contributed by atoms with van der Waals surface area (Å²) < 4.78 is 78.5. The van der Waals surface area contributed by atoms with E-state index in [-0.39, 0.29) is 22.0 Å². The lowest BCUT2D eigenvalue weighted by Crippen LogP contribution is -2.23. The van der Waals surface area contributed by atoms with Gasteiger partial charge in [0.05, 0.1) is 16.6 Å². The topological polar surface area (TPSA) is 98.2 Å². The summed E-state index contributed by atoms with van der Waals surface area (Å²) in [7, 11) is 1.54. The molecule has 7 nitrogen and oxygen atoms in total. The Kier molecular flexibility index (Phi) is 6.63. The van der Waals surface area contributed by atoms with Gasteiger partial charge < -0.3 is 11.1 Å². The molecular formula is C24H18F6N6O. The number of nitrogens with zero attached hydrogens (tertiary/aromatic N) is 4. The Morgan fingerprint density at radius 2 is 1.78 bits per heavy atom. The van der Waals surface area contributed by atoms with Gasteiger partial charge in [0.2, 0.25) is 5.95 Å². The molecule has 4 rings (SSSR count). The number of fused-ring (bicyclic) bond motifs is 1. The predicted molar refractivity (Wildman–Crippen MR) is 128 cm³/mol. The zero-order valence-corrected chi connectivity index (χ0v) is 19.0. The Balaban J connectivity index is 1.96. The number of nitrogens with two attached hydrogens (primary N) is 1. The van der Waals surface area contributed by atoms with Crippen molar-refractivity contribution in [3.05, 3.63) is 76.3 Å². The fraction of sp³-hybridized carbons (Fsp3) is 0.167. The highest BCUT2D eigenvalue weighted by Crippen LogP contribution is 2.32. The third-order valence-corrected chi connectivity index (χ3v) is 5.32. The summed E-state index contributed by atoms with van der Waals surface area (Å²) in [5.41, 5.74) is 5.56. The minimum absolute atomic E-state index is 0.0357. The van der Waals surface area contributed by atoms with Crippen LogP contribution in [0.2, 0.25) is 0 Å². The predicted octanol–water partition coefficient (Wildman–Crippen LogP) is 5.07. The van der Waals surface area contributed by atoms with Crippen LogP contribution in [0.1, 0.15) is 11.1 Å². The molecule has 0 atom stereocenters. The number of aliphatic imine (C=N–C) groups is 1. The van der Waals surface area contributed by atoms with Crippen molar-refractivity contribution >= 4 is 28.8 Å². The van der Waals surface area contributed by atoms with Crippen LogP contribution in [-0.4, -0.2) is 40.5 Å². The number of hydrogen-bond donors (Lipinski definition) is 2. The summed E-state index contributed by atoms with van der Waals surface area (Å²) in [6, 6.07) is 8.53. The van der Waals surface area contributed by atoms with Gasteiger partial charge in [0, 0.05) is 48.0 Å². The van der Waals surface area contributed by atoms with Crippen LogP contribution in [0.3, 0.4) is 0 Å². The Labute approximate surface area is 205 Å². The molecule has 2 heterocycles. The van der Waals surface area contributed by atoms with Crippen LogP contribution in [0.15, 0.2) is 64.6 Å². The van der Waals surface area contributed by atoms with Crippen molar-refractivity contribution in [2.45, 2.75) is 12.4 Å². The van der Waals surface area contributed by atoms with E-state index in [4.69, 9.17) is 5.73 Å². The first-order valence-electron chi connectivity index (χ1n) is 10.6. The maximum absolute atomic E-state index is 13.7. The number of anilines is 2. The molecular weight excluding hydrogens is 502 g/mol. The largest absolute Gasteiger partial charge is 0.416 e. The van der Waals surface area contributed by atoms with Crippen molar-refractivity contribution in [2.24, 2.45) is 4.99 Å². The molecule has 0 fully saturated rings. The van der Waals surface area contributed by atoms with Gasteiger partial charge in [-0.1, -0.05) is 12.1 Å². The number of hydrogen-bond acceptors (Lipinski definition) is 6. The van der Waals surface area contributed by atoms with Crippen LogP contribution in [0.5, 0.6) is 0 Å². The van der Waals surface area contributed by atoms with Gasteiger partial charge in [-0.15, -0.1) is 0 Å². The van der Waals surface area contributed by atoms with Crippen molar-refractivity contribution in [1.29, 1.82) is 0 Å². The van der Waals surface area contributed by atoms with E-state index in [0.29, 0.717) is 16.9 Å². The van der Waals surface area contributed by atoms with Gasteiger partial charge in [-0.05, 0) is 35.9 Å². The highest BCUT2D eigenvalue weighted by Gasteiger charge is 2.30. The van der Waals surface area contributed by atoms with E-state index in [9.17, 15) is 31.1 Å². The van der Waals surface area contributed by atoms with Crippen LogP contribution in [0.4, 0.5) is 38.0 Å². The van der Waals surface area contributed by atoms with Crippen molar-refractivity contribution < 1.29 is 26.3 Å². The monoisotopic (exact) mass is 520 g/mol. The first-order chi connectivity index (χ1) is 17.4. The molecule has 0 amide bonds. The van der Waals surface area contributed by atoms with Crippen LogP contribution >= 0.6 is 0 Å². The smallest absolute Gasteiger partial charge is 0.398 e. The number of rotatable bonds is 5. The Morgan fingerprint density at radius 1 is 1.08 bits per heavy atom. The number of nitrogens with one attached hydrogen (secondary N) is 1. The molecule has 192 valence electrons. The molecule has 0 bridgehead atoms. The zero-order chi connectivity index (χ0) is 27.0. The summed E-state index contributed by atoms with van der Waals surface area (Å²) in [6.07, 6.45) is -5.06. The van der Waals surface area contributed by atoms with Gasteiger partial charge >= 0.3 is 12.4 Å². The summed E-state index contributed by atoms with van der Waals surface area (Å²) in [5.74, 6) is -0.399. The molecule has 37 heavy (non-hydrogen) atoms. The lowest BCUT2D eigenvalue weighted by atomic mass is 10.0. The summed E-state index contributed by atoms with van der Waals surface area (Å²) in [4.78, 5) is 25.6. The van der Waals surface area contributed by atoms with Gasteiger partial charge in [0.25, 0.3) is 5.56 Å². The van der Waals surface area contributed by atoms with Crippen molar-refractivity contribution in [1.82, 2.24) is 14.5 Å². The molecule has 4 aromatic rings. The summed E-state index contributed by atoms with van der Waals surface area (Å²) in [6.45, 7) is -1.42. The van der Waals surface area contributed by atoms with Crippen molar-refractivity contribution in [3.63, 3.8) is 0 Å². The standard InChI is InChI=1S/C24H18F6N6O/c1-32-9-14-8-17(6-7-18(14)31)36-11-15-10-33-22(34-12-23(25,26)27)35-20(15)19(21(36)37)13-2-4-16(5-3-13)24(28,29)30/h2-11H,12,31H2,1H3,(H,34,35). The highest BCUT2D eigenvalue weighted by molar-refractivity contribution is 5.93. The van der Waals surface area contributed by atoms with Crippen LogP contribution < -0.4 is 16.6 Å². The molecule has 0 aliphatic carbocycles. The minimum Gasteiger partial charge on any atom is -0.398 e. The van der Waals surface area contributed by atoms with Gasteiger partial charge in [-0.25, -0.2) is 9.97 Å². The summed E-state index contributed by atoms with van der Waals surface area (Å²) >= 11 is 0. The van der Waals surface area contributed by atoms with Crippen LogP contribution in [0.25, 0.3) is 27.7 Å². The molecule has 0 radical (unpaired) electrons. The molecule has 2 aromatic carbocycles. The van der Waals surface area contributed by atoms with Gasteiger partial charge in [0.1, 0.15) is 6.54 Å². The van der Waals surface area contributed by atoms with Crippen LogP contribution in [-0.2, 0) is 6.18 Å². The second kappa shape index (κ2) is 9.56. The average molecular weight is 520 g/mol. The van der Waals surface area contributed by atoms with Crippen molar-refractivity contribution in [3.8, 4) is 16.8 Å². The lowest BCUT2D eigenvalue weighted by molar-refractivity contribution is -0.137. The normalized spacial score (nSPS) is 12.4. The fourth-order valence-electron chi connectivity index (χ4n) is 3.61. The summed E-state index contributed by atoms with van der Waals surface area (Å²) in [5, 5.41) is 2.30. The SMILES string of the molecule is CN=Cc1cc(-n2cc3cnc(NCC(F)(F)F)nc3c(-c3ccc(C(F)(F)F)cc3)c2=O)ccc1N. The molecule has 0 unspecified atom stereocenters. The quantitative estimate of drug-likeness (QED) is 0.218. The molecule has 0 saturated carbocycles. The lowest BCUT2D eigenvalue weighted by Gasteiger charge is -2.15. The second-order valence-corrected chi connectivity index (χ2v) is 7.92. The van der Waals surface area contributed by atoms with E-state index in [1.165, 1.54) is 23.2 Å². The van der Waals surface area contributed by atoms with Gasteiger partial charge in [-0.2, -0.15) is 26.3 Å². The maximum atomic E-state index is 13.7. The number of alkyl halides is 6. The highest BCUT2D eigenvalue weighted by atomic mass is 19.4. The van der Waals surface area contributed by atoms with Crippen molar-refractivity contribution in [2.75, 3.05) is 24.6 Å².